The molecule has 0 aliphatic heterocycles. The molecule has 1 aromatic rings. The molecule has 3 heteroatoms. The number of nitrogens with one attached hydrogen (secondary N) is 1. The van der Waals surface area contributed by atoms with Crippen LogP contribution in [0, 0.1) is 11.3 Å². The van der Waals surface area contributed by atoms with E-state index in [1.165, 1.54) is 0 Å². The summed E-state index contributed by atoms with van der Waals surface area (Å²) in [6.07, 6.45) is 3.64. The van der Waals surface area contributed by atoms with Crippen molar-refractivity contribution in [2.24, 2.45) is 11.3 Å². The van der Waals surface area contributed by atoms with Gasteiger partial charge in [0.25, 0.3) is 0 Å². The van der Waals surface area contributed by atoms with Crippen LogP contribution in [-0.4, -0.2) is 11.5 Å². The van der Waals surface area contributed by atoms with Crippen molar-refractivity contribution in [3.63, 3.8) is 0 Å². The number of nitrogens with zero attached hydrogens (tertiary/aromatic N) is 1. The molecule has 0 amide bonds. The fourth-order valence-electron chi connectivity index (χ4n) is 1.04. The van der Waals surface area contributed by atoms with Gasteiger partial charge in [0.1, 0.15) is 0 Å². The molecule has 0 bridgehead atoms. The maximum atomic E-state index is 4.12. The highest BCUT2D eigenvalue weighted by molar-refractivity contribution is 9.10. The number of pyridine rings is 1. The van der Waals surface area contributed by atoms with E-state index in [2.05, 4.69) is 53.9 Å². The molecule has 0 unspecified atom stereocenters. The van der Waals surface area contributed by atoms with E-state index in [1.54, 1.807) is 6.20 Å². The zero-order valence-corrected chi connectivity index (χ0v) is 11.4. The fraction of sp³-hybridized carbons (Fsp3) is 0.583. The molecule has 2 nitrogen and oxygen atoms in total. The second kappa shape index (κ2) is 4.97. The van der Waals surface area contributed by atoms with Crippen LogP contribution in [0.15, 0.2) is 22.9 Å². The van der Waals surface area contributed by atoms with Gasteiger partial charge in [0, 0.05) is 17.2 Å². The van der Waals surface area contributed by atoms with Crippen LogP contribution < -0.4 is 5.32 Å². The van der Waals surface area contributed by atoms with Crippen LogP contribution in [0.4, 0.5) is 5.69 Å². The van der Waals surface area contributed by atoms with E-state index in [9.17, 15) is 0 Å². The van der Waals surface area contributed by atoms with Crippen LogP contribution >= 0.6 is 15.9 Å². The van der Waals surface area contributed by atoms with Crippen molar-refractivity contribution in [3.05, 3.63) is 22.9 Å². The second-order valence-corrected chi connectivity index (χ2v) is 5.80. The van der Waals surface area contributed by atoms with Crippen molar-refractivity contribution in [2.45, 2.75) is 27.7 Å². The lowest BCUT2D eigenvalue weighted by molar-refractivity contribution is 0.269. The van der Waals surface area contributed by atoms with Gasteiger partial charge in [0.05, 0.1) is 11.9 Å². The molecular formula is C12H19BrN2. The van der Waals surface area contributed by atoms with E-state index in [4.69, 9.17) is 0 Å². The Hall–Kier alpha value is -0.570. The Bertz CT molecular complexity index is 321. The van der Waals surface area contributed by atoms with E-state index >= 15 is 0 Å². The van der Waals surface area contributed by atoms with E-state index in [-0.39, 0.29) is 0 Å². The molecule has 1 heterocycles. The summed E-state index contributed by atoms with van der Waals surface area (Å²) in [5, 5.41) is 3.41. The number of halogens is 1. The second-order valence-electron chi connectivity index (χ2n) is 4.89. The normalized spacial score (nSPS) is 11.9. The van der Waals surface area contributed by atoms with Crippen LogP contribution in [0.1, 0.15) is 27.7 Å². The molecule has 15 heavy (non-hydrogen) atoms. The third kappa shape index (κ3) is 3.82. The van der Waals surface area contributed by atoms with Gasteiger partial charge in [0.15, 0.2) is 0 Å². The number of rotatable bonds is 4. The highest BCUT2D eigenvalue weighted by Crippen LogP contribution is 2.26. The van der Waals surface area contributed by atoms with E-state index in [1.807, 2.05) is 12.3 Å². The molecule has 0 aliphatic carbocycles. The molecular weight excluding hydrogens is 252 g/mol. The first-order chi connectivity index (χ1) is 6.92. The summed E-state index contributed by atoms with van der Waals surface area (Å²) in [4.78, 5) is 4.12. The Morgan fingerprint density at radius 3 is 2.60 bits per heavy atom. The molecule has 1 aromatic heterocycles. The molecule has 0 spiro atoms. The highest BCUT2D eigenvalue weighted by Gasteiger charge is 2.21. The predicted molar refractivity (Wildman–Crippen MR) is 69.0 cm³/mol. The lowest BCUT2D eigenvalue weighted by Crippen LogP contribution is -2.28. The molecule has 0 fully saturated rings. The minimum atomic E-state index is 0.294. The van der Waals surface area contributed by atoms with Gasteiger partial charge in [-0.15, -0.1) is 0 Å². The molecule has 0 saturated heterocycles. The molecule has 0 saturated carbocycles. The molecule has 0 radical (unpaired) electrons. The molecule has 0 aliphatic rings. The monoisotopic (exact) mass is 270 g/mol. The summed E-state index contributed by atoms with van der Waals surface area (Å²) in [6.45, 7) is 10.0. The first kappa shape index (κ1) is 12.5. The Labute approximate surface area is 101 Å². The molecule has 0 atom stereocenters. The summed E-state index contributed by atoms with van der Waals surface area (Å²) < 4.78 is 1.01. The first-order valence-electron chi connectivity index (χ1n) is 5.26. The first-order valence-corrected chi connectivity index (χ1v) is 6.05. The zero-order valence-electron chi connectivity index (χ0n) is 9.84. The van der Waals surface area contributed by atoms with Crippen LogP contribution in [0.25, 0.3) is 0 Å². The summed E-state index contributed by atoms with van der Waals surface area (Å²) in [5.41, 5.74) is 1.36. The smallest absolute Gasteiger partial charge is 0.0538 e. The van der Waals surface area contributed by atoms with Crippen LogP contribution in [0.2, 0.25) is 0 Å². The molecule has 84 valence electrons. The van der Waals surface area contributed by atoms with Gasteiger partial charge in [-0.05, 0) is 33.3 Å². The maximum Gasteiger partial charge on any atom is 0.0538 e. The highest BCUT2D eigenvalue weighted by atomic mass is 79.9. The van der Waals surface area contributed by atoms with E-state index < -0.39 is 0 Å². The Morgan fingerprint density at radius 2 is 2.07 bits per heavy atom. The van der Waals surface area contributed by atoms with Gasteiger partial charge in [-0.1, -0.05) is 27.7 Å². The minimum absolute atomic E-state index is 0.294. The summed E-state index contributed by atoms with van der Waals surface area (Å²) in [7, 11) is 0. The lowest BCUT2D eigenvalue weighted by atomic mass is 9.81. The van der Waals surface area contributed by atoms with Crippen molar-refractivity contribution in [1.29, 1.82) is 0 Å². The number of hydrogen-bond acceptors (Lipinski definition) is 2. The topological polar surface area (TPSA) is 24.9 Å². The van der Waals surface area contributed by atoms with Crippen molar-refractivity contribution < 1.29 is 0 Å². The Morgan fingerprint density at radius 1 is 1.40 bits per heavy atom. The average molecular weight is 271 g/mol. The van der Waals surface area contributed by atoms with Gasteiger partial charge in [-0.3, -0.25) is 4.98 Å². The van der Waals surface area contributed by atoms with Gasteiger partial charge < -0.3 is 5.32 Å². The maximum absolute atomic E-state index is 4.12. The largest absolute Gasteiger partial charge is 0.383 e. The lowest BCUT2D eigenvalue weighted by Gasteiger charge is -2.29. The van der Waals surface area contributed by atoms with E-state index in [0.717, 1.165) is 16.7 Å². The SMILES string of the molecule is CC(C)C(C)(C)CNc1cncc(Br)c1. The van der Waals surface area contributed by atoms with Crippen molar-refractivity contribution in [3.8, 4) is 0 Å². The van der Waals surface area contributed by atoms with Gasteiger partial charge in [-0.2, -0.15) is 0 Å². The summed E-state index contributed by atoms with van der Waals surface area (Å²) >= 11 is 3.41. The molecule has 1 rings (SSSR count). The van der Waals surface area contributed by atoms with Crippen LogP contribution in [-0.2, 0) is 0 Å². The number of anilines is 1. The minimum Gasteiger partial charge on any atom is -0.383 e. The van der Waals surface area contributed by atoms with Crippen molar-refractivity contribution in [2.75, 3.05) is 11.9 Å². The van der Waals surface area contributed by atoms with Crippen molar-refractivity contribution >= 4 is 21.6 Å². The third-order valence-electron chi connectivity index (χ3n) is 3.02. The quantitative estimate of drug-likeness (QED) is 0.897. The Kier molecular flexibility index (Phi) is 4.14. The fourth-order valence-corrected chi connectivity index (χ4v) is 1.41. The predicted octanol–water partition coefficient (Wildman–Crippen LogP) is 3.94. The zero-order chi connectivity index (χ0) is 11.5. The number of aromatic nitrogens is 1. The Balaban J connectivity index is 2.57. The summed E-state index contributed by atoms with van der Waals surface area (Å²) in [5.74, 6) is 0.658. The average Bonchev–Trinajstić information content (AvgIpc) is 2.15. The van der Waals surface area contributed by atoms with E-state index in [0.29, 0.717) is 11.3 Å². The molecule has 1 N–H and O–H groups in total. The third-order valence-corrected chi connectivity index (χ3v) is 3.45. The van der Waals surface area contributed by atoms with Gasteiger partial charge in [-0.25, -0.2) is 0 Å². The number of hydrogen-bond donors (Lipinski definition) is 1. The van der Waals surface area contributed by atoms with Crippen molar-refractivity contribution in [1.82, 2.24) is 4.98 Å². The van der Waals surface area contributed by atoms with Gasteiger partial charge >= 0.3 is 0 Å². The van der Waals surface area contributed by atoms with Crippen LogP contribution in [0.3, 0.4) is 0 Å². The molecule has 0 aromatic carbocycles. The van der Waals surface area contributed by atoms with Gasteiger partial charge in [0.2, 0.25) is 0 Å². The summed E-state index contributed by atoms with van der Waals surface area (Å²) in [6, 6.07) is 2.05. The standard InChI is InChI=1S/C12H19BrN2/c1-9(2)12(3,4)8-15-11-5-10(13)6-14-7-11/h5-7,9,15H,8H2,1-4H3. The van der Waals surface area contributed by atoms with Crippen LogP contribution in [0.5, 0.6) is 0 Å².